The molecule has 1 aromatic heterocycles. The van der Waals surface area contributed by atoms with Crippen molar-refractivity contribution in [2.45, 2.75) is 30.0 Å². The molecule has 3 rings (SSSR count). The molecule has 1 aliphatic heterocycles. The van der Waals surface area contributed by atoms with Gasteiger partial charge in [-0.3, -0.25) is 9.69 Å². The summed E-state index contributed by atoms with van der Waals surface area (Å²) in [6.45, 7) is 4.36. The summed E-state index contributed by atoms with van der Waals surface area (Å²) in [5.74, 6) is 0.0707. The molecule has 0 atom stereocenters. The fraction of sp³-hybridized carbons (Fsp3) is 0.421. The Morgan fingerprint density at radius 1 is 1.19 bits per heavy atom. The highest BCUT2D eigenvalue weighted by atomic mass is 32.2. The number of benzene rings is 1. The number of amides is 1. The molecule has 1 fully saturated rings. The lowest BCUT2D eigenvalue weighted by atomic mass is 10.1. The molecule has 0 saturated carbocycles. The third kappa shape index (κ3) is 5.16. The van der Waals surface area contributed by atoms with Crippen molar-refractivity contribution in [1.29, 1.82) is 0 Å². The highest BCUT2D eigenvalue weighted by Gasteiger charge is 2.27. The molecule has 1 N–H and O–H groups in total. The van der Waals surface area contributed by atoms with Crippen LogP contribution in [0.5, 0.6) is 0 Å². The van der Waals surface area contributed by atoms with Crippen molar-refractivity contribution in [3.63, 3.8) is 0 Å². The molecule has 0 aliphatic carbocycles. The second kappa shape index (κ2) is 8.97. The van der Waals surface area contributed by atoms with Crippen LogP contribution < -0.4 is 9.62 Å². The number of sulfonamides is 1. The van der Waals surface area contributed by atoms with E-state index in [1.54, 1.807) is 22.4 Å². The smallest absolute Gasteiger partial charge is 0.250 e. The topological polar surface area (TPSA) is 69.7 Å². The van der Waals surface area contributed by atoms with E-state index in [1.807, 2.05) is 37.3 Å². The molecule has 0 unspecified atom stereocenters. The predicted molar refractivity (Wildman–Crippen MR) is 109 cm³/mol. The molecule has 6 nitrogen and oxygen atoms in total. The zero-order chi connectivity index (χ0) is 19.3. The van der Waals surface area contributed by atoms with Crippen LogP contribution in [0.2, 0.25) is 0 Å². The Morgan fingerprint density at radius 2 is 1.89 bits per heavy atom. The van der Waals surface area contributed by atoms with Crippen LogP contribution in [0.1, 0.15) is 19.8 Å². The van der Waals surface area contributed by atoms with Gasteiger partial charge >= 0.3 is 0 Å². The molecule has 0 spiro atoms. The van der Waals surface area contributed by atoms with Crippen molar-refractivity contribution in [3.8, 4) is 0 Å². The van der Waals surface area contributed by atoms with E-state index in [2.05, 4.69) is 9.62 Å². The van der Waals surface area contributed by atoms with Gasteiger partial charge in [0.25, 0.3) is 0 Å². The number of nitrogens with zero attached hydrogens (tertiary/aromatic N) is 2. The van der Waals surface area contributed by atoms with Gasteiger partial charge in [0.05, 0.1) is 6.54 Å². The van der Waals surface area contributed by atoms with E-state index in [1.165, 1.54) is 11.3 Å². The summed E-state index contributed by atoms with van der Waals surface area (Å²) in [4.78, 5) is 16.6. The minimum atomic E-state index is -3.44. The minimum Gasteiger partial charge on any atom is -0.312 e. The number of nitrogens with one attached hydrogen (secondary N) is 1. The van der Waals surface area contributed by atoms with Crippen LogP contribution in [0.3, 0.4) is 0 Å². The summed E-state index contributed by atoms with van der Waals surface area (Å²) >= 11 is 1.22. The van der Waals surface area contributed by atoms with Crippen molar-refractivity contribution in [2.24, 2.45) is 0 Å². The Hall–Kier alpha value is -1.74. The second-order valence-corrected chi connectivity index (χ2v) is 9.47. The van der Waals surface area contributed by atoms with E-state index in [0.717, 1.165) is 5.69 Å². The van der Waals surface area contributed by atoms with Gasteiger partial charge in [-0.15, -0.1) is 11.3 Å². The van der Waals surface area contributed by atoms with Crippen LogP contribution in [0.15, 0.2) is 52.1 Å². The van der Waals surface area contributed by atoms with Crippen LogP contribution >= 0.6 is 11.3 Å². The molecule has 1 saturated heterocycles. The SMILES string of the molecule is CCN(C(=O)CN1CCC(NS(=O)(=O)c2cccs2)CC1)c1ccccc1. The third-order valence-electron chi connectivity index (χ3n) is 4.71. The number of carbonyl (C=O) groups excluding carboxylic acids is 1. The van der Waals surface area contributed by atoms with Gasteiger partial charge in [-0.2, -0.15) is 0 Å². The first kappa shape index (κ1) is 20.0. The summed E-state index contributed by atoms with van der Waals surface area (Å²) < 4.78 is 27.8. The van der Waals surface area contributed by atoms with E-state index < -0.39 is 10.0 Å². The Kier molecular flexibility index (Phi) is 6.64. The van der Waals surface area contributed by atoms with Gasteiger partial charge in [-0.05, 0) is 43.3 Å². The lowest BCUT2D eigenvalue weighted by Gasteiger charge is -2.33. The molecule has 0 radical (unpaired) electrons. The molecule has 0 bridgehead atoms. The van der Waals surface area contributed by atoms with Gasteiger partial charge in [0.15, 0.2) is 0 Å². The number of thiophene rings is 1. The fourth-order valence-corrected chi connectivity index (χ4v) is 5.60. The summed E-state index contributed by atoms with van der Waals surface area (Å²) in [7, 11) is -3.44. The van der Waals surface area contributed by atoms with Crippen LogP contribution in [-0.2, 0) is 14.8 Å². The maximum atomic E-state index is 12.7. The number of para-hydroxylation sites is 1. The van der Waals surface area contributed by atoms with Gasteiger partial charge in [-0.1, -0.05) is 24.3 Å². The molecular formula is C19H25N3O3S2. The van der Waals surface area contributed by atoms with Crippen molar-refractivity contribution in [1.82, 2.24) is 9.62 Å². The Morgan fingerprint density at radius 3 is 2.48 bits per heavy atom. The van der Waals surface area contributed by atoms with Crippen LogP contribution in [-0.4, -0.2) is 51.4 Å². The normalized spacial score (nSPS) is 16.3. The lowest BCUT2D eigenvalue weighted by molar-refractivity contribution is -0.120. The van der Waals surface area contributed by atoms with Crippen molar-refractivity contribution in [2.75, 3.05) is 31.1 Å². The van der Waals surface area contributed by atoms with E-state index >= 15 is 0 Å². The zero-order valence-electron chi connectivity index (χ0n) is 15.4. The summed E-state index contributed by atoms with van der Waals surface area (Å²) in [5.41, 5.74) is 0.906. The van der Waals surface area contributed by atoms with E-state index in [-0.39, 0.29) is 11.9 Å². The Labute approximate surface area is 164 Å². The van der Waals surface area contributed by atoms with Crippen LogP contribution in [0.4, 0.5) is 5.69 Å². The third-order valence-corrected chi connectivity index (χ3v) is 7.63. The number of hydrogen-bond acceptors (Lipinski definition) is 5. The molecule has 2 aromatic rings. The maximum absolute atomic E-state index is 12.7. The molecule has 146 valence electrons. The highest BCUT2D eigenvalue weighted by molar-refractivity contribution is 7.91. The van der Waals surface area contributed by atoms with Crippen molar-refractivity contribution >= 4 is 33.0 Å². The lowest BCUT2D eigenvalue weighted by Crippen LogP contribution is -2.48. The zero-order valence-corrected chi connectivity index (χ0v) is 17.0. The van der Waals surface area contributed by atoms with Crippen molar-refractivity contribution < 1.29 is 13.2 Å². The molecule has 27 heavy (non-hydrogen) atoms. The standard InChI is InChI=1S/C19H25N3O3S2/c1-2-22(17-7-4-3-5-8-17)18(23)15-21-12-10-16(11-13-21)20-27(24,25)19-9-6-14-26-19/h3-9,14,16,20H,2,10-13,15H2,1H3. The molecule has 8 heteroatoms. The number of anilines is 1. The fourth-order valence-electron chi connectivity index (χ4n) is 3.29. The highest BCUT2D eigenvalue weighted by Crippen LogP contribution is 2.19. The number of hydrogen-bond donors (Lipinski definition) is 1. The molecular weight excluding hydrogens is 382 g/mol. The van der Waals surface area contributed by atoms with Gasteiger partial charge in [0, 0.05) is 31.4 Å². The van der Waals surface area contributed by atoms with E-state index in [9.17, 15) is 13.2 Å². The number of rotatable bonds is 7. The number of likely N-dealkylation sites (N-methyl/N-ethyl adjacent to an activating group) is 1. The first-order chi connectivity index (χ1) is 13.0. The van der Waals surface area contributed by atoms with Crippen LogP contribution in [0.25, 0.3) is 0 Å². The van der Waals surface area contributed by atoms with Crippen LogP contribution in [0, 0.1) is 0 Å². The van der Waals surface area contributed by atoms with Crippen molar-refractivity contribution in [3.05, 3.63) is 47.8 Å². The average molecular weight is 408 g/mol. The minimum absolute atomic E-state index is 0.0707. The summed E-state index contributed by atoms with van der Waals surface area (Å²) in [5, 5.41) is 1.76. The van der Waals surface area contributed by atoms with Gasteiger partial charge in [0.2, 0.25) is 15.9 Å². The molecule has 1 aliphatic rings. The second-order valence-electron chi connectivity index (χ2n) is 6.58. The first-order valence-corrected chi connectivity index (χ1v) is 11.5. The Bertz CT molecular complexity index is 830. The summed E-state index contributed by atoms with van der Waals surface area (Å²) in [6, 6.07) is 12.9. The summed E-state index contributed by atoms with van der Waals surface area (Å²) in [6.07, 6.45) is 1.41. The van der Waals surface area contributed by atoms with Gasteiger partial charge < -0.3 is 4.90 Å². The maximum Gasteiger partial charge on any atom is 0.250 e. The molecule has 1 aromatic carbocycles. The monoisotopic (exact) mass is 407 g/mol. The van der Waals surface area contributed by atoms with E-state index in [4.69, 9.17) is 0 Å². The van der Waals surface area contributed by atoms with Gasteiger partial charge in [-0.25, -0.2) is 13.1 Å². The first-order valence-electron chi connectivity index (χ1n) is 9.13. The predicted octanol–water partition coefficient (Wildman–Crippen LogP) is 2.54. The Balaban J connectivity index is 1.51. The molecule has 2 heterocycles. The van der Waals surface area contributed by atoms with Gasteiger partial charge in [0.1, 0.15) is 4.21 Å². The number of carbonyl (C=O) groups is 1. The average Bonchev–Trinajstić information content (AvgIpc) is 3.20. The quantitative estimate of drug-likeness (QED) is 0.766. The number of likely N-dealkylation sites (tertiary alicyclic amines) is 1. The molecule has 1 amide bonds. The number of piperidine rings is 1. The largest absolute Gasteiger partial charge is 0.312 e. The van der Waals surface area contributed by atoms with E-state index in [0.29, 0.717) is 43.2 Å².